The molecule has 1 aromatic rings. The molecular formula is C12H18FNO. The molecule has 0 aliphatic heterocycles. The Morgan fingerprint density at radius 3 is 2.60 bits per heavy atom. The standard InChI is InChI=1S/C12H18FNO/c1-8-4-5-9(13)6-10(8)11(14)12(2,3)7-15/h4-6,11,15H,7,14H2,1-3H3/t11-/m1/s1. The molecule has 0 aromatic heterocycles. The largest absolute Gasteiger partial charge is 0.396 e. The van der Waals surface area contributed by atoms with Crippen LogP contribution in [0.3, 0.4) is 0 Å². The molecule has 0 aliphatic carbocycles. The summed E-state index contributed by atoms with van der Waals surface area (Å²) in [4.78, 5) is 0. The fraction of sp³-hybridized carbons (Fsp3) is 0.500. The summed E-state index contributed by atoms with van der Waals surface area (Å²) < 4.78 is 13.1. The molecule has 3 heteroatoms. The lowest BCUT2D eigenvalue weighted by Crippen LogP contribution is -2.33. The highest BCUT2D eigenvalue weighted by Crippen LogP contribution is 2.32. The van der Waals surface area contributed by atoms with Gasteiger partial charge in [0.1, 0.15) is 5.82 Å². The fourth-order valence-corrected chi connectivity index (χ4v) is 1.47. The molecule has 0 saturated carbocycles. The fourth-order valence-electron chi connectivity index (χ4n) is 1.47. The second-order valence-electron chi connectivity index (χ2n) is 4.63. The van der Waals surface area contributed by atoms with E-state index in [-0.39, 0.29) is 18.5 Å². The average Bonchev–Trinajstić information content (AvgIpc) is 2.20. The van der Waals surface area contributed by atoms with Gasteiger partial charge in [-0.1, -0.05) is 19.9 Å². The Morgan fingerprint density at radius 1 is 1.47 bits per heavy atom. The Hall–Kier alpha value is -0.930. The third-order valence-corrected chi connectivity index (χ3v) is 2.83. The van der Waals surface area contributed by atoms with E-state index in [0.717, 1.165) is 11.1 Å². The molecule has 0 saturated heterocycles. The topological polar surface area (TPSA) is 46.2 Å². The minimum atomic E-state index is -0.446. The van der Waals surface area contributed by atoms with Gasteiger partial charge < -0.3 is 10.8 Å². The lowest BCUT2D eigenvalue weighted by molar-refractivity contribution is 0.132. The summed E-state index contributed by atoms with van der Waals surface area (Å²) >= 11 is 0. The maximum atomic E-state index is 13.1. The van der Waals surface area contributed by atoms with Crippen molar-refractivity contribution in [2.45, 2.75) is 26.8 Å². The molecule has 84 valence electrons. The van der Waals surface area contributed by atoms with Crippen molar-refractivity contribution in [1.29, 1.82) is 0 Å². The molecule has 1 atom stereocenters. The normalized spacial score (nSPS) is 14.0. The minimum Gasteiger partial charge on any atom is -0.396 e. The number of aliphatic hydroxyl groups excluding tert-OH is 1. The van der Waals surface area contributed by atoms with Gasteiger partial charge in [0.05, 0.1) is 0 Å². The van der Waals surface area contributed by atoms with E-state index in [1.807, 2.05) is 20.8 Å². The van der Waals surface area contributed by atoms with Crippen LogP contribution in [0, 0.1) is 18.2 Å². The van der Waals surface area contributed by atoms with Crippen LogP contribution in [0.4, 0.5) is 4.39 Å². The summed E-state index contributed by atoms with van der Waals surface area (Å²) in [6.45, 7) is 5.59. The van der Waals surface area contributed by atoms with Gasteiger partial charge in [-0.05, 0) is 30.2 Å². The lowest BCUT2D eigenvalue weighted by atomic mass is 9.80. The second-order valence-corrected chi connectivity index (χ2v) is 4.63. The zero-order chi connectivity index (χ0) is 11.6. The first kappa shape index (κ1) is 12.1. The number of aliphatic hydroxyl groups is 1. The first-order valence-corrected chi connectivity index (χ1v) is 5.01. The molecule has 0 aliphatic rings. The Balaban J connectivity index is 3.10. The van der Waals surface area contributed by atoms with Crippen molar-refractivity contribution >= 4 is 0 Å². The Labute approximate surface area is 89.9 Å². The number of hydrogen-bond donors (Lipinski definition) is 2. The molecule has 0 amide bonds. The van der Waals surface area contributed by atoms with Crippen molar-refractivity contribution in [2.24, 2.45) is 11.1 Å². The van der Waals surface area contributed by atoms with E-state index in [9.17, 15) is 9.50 Å². The molecule has 0 radical (unpaired) electrons. The number of aryl methyl sites for hydroxylation is 1. The third kappa shape index (κ3) is 2.55. The zero-order valence-electron chi connectivity index (χ0n) is 9.42. The van der Waals surface area contributed by atoms with Crippen molar-refractivity contribution in [3.8, 4) is 0 Å². The van der Waals surface area contributed by atoms with Gasteiger partial charge >= 0.3 is 0 Å². The van der Waals surface area contributed by atoms with E-state index in [0.29, 0.717) is 0 Å². The summed E-state index contributed by atoms with van der Waals surface area (Å²) in [7, 11) is 0. The van der Waals surface area contributed by atoms with Crippen LogP contribution < -0.4 is 5.73 Å². The lowest BCUT2D eigenvalue weighted by Gasteiger charge is -2.30. The first-order valence-electron chi connectivity index (χ1n) is 5.01. The quantitative estimate of drug-likeness (QED) is 0.804. The maximum Gasteiger partial charge on any atom is 0.123 e. The number of nitrogens with two attached hydrogens (primary N) is 1. The highest BCUT2D eigenvalue weighted by molar-refractivity contribution is 5.30. The van der Waals surface area contributed by atoms with Crippen LogP contribution in [-0.2, 0) is 0 Å². The summed E-state index contributed by atoms with van der Waals surface area (Å²) in [5.41, 5.74) is 7.29. The molecule has 2 nitrogen and oxygen atoms in total. The van der Waals surface area contributed by atoms with E-state index in [4.69, 9.17) is 5.73 Å². The second kappa shape index (κ2) is 4.29. The molecule has 1 aromatic carbocycles. The zero-order valence-corrected chi connectivity index (χ0v) is 9.42. The predicted octanol–water partition coefficient (Wildman–Crippen LogP) is 2.15. The minimum absolute atomic E-state index is 0.0237. The molecule has 1 rings (SSSR count). The Bertz CT molecular complexity index is 349. The van der Waals surface area contributed by atoms with E-state index in [2.05, 4.69) is 0 Å². The molecule has 0 bridgehead atoms. The number of halogens is 1. The number of benzene rings is 1. The van der Waals surface area contributed by atoms with Gasteiger partial charge in [-0.2, -0.15) is 0 Å². The van der Waals surface area contributed by atoms with Gasteiger partial charge in [0, 0.05) is 18.1 Å². The monoisotopic (exact) mass is 211 g/mol. The average molecular weight is 211 g/mol. The molecular weight excluding hydrogens is 193 g/mol. The van der Waals surface area contributed by atoms with Crippen molar-refractivity contribution in [3.63, 3.8) is 0 Å². The molecule has 0 heterocycles. The van der Waals surface area contributed by atoms with Gasteiger partial charge in [0.2, 0.25) is 0 Å². The number of hydrogen-bond acceptors (Lipinski definition) is 2. The summed E-state index contributed by atoms with van der Waals surface area (Å²) in [6.07, 6.45) is 0. The summed E-state index contributed by atoms with van der Waals surface area (Å²) in [5.74, 6) is -0.292. The van der Waals surface area contributed by atoms with Crippen molar-refractivity contribution in [1.82, 2.24) is 0 Å². The van der Waals surface area contributed by atoms with E-state index < -0.39 is 5.41 Å². The van der Waals surface area contributed by atoms with Gasteiger partial charge in [-0.3, -0.25) is 0 Å². The summed E-state index contributed by atoms with van der Waals surface area (Å²) in [5, 5.41) is 9.21. The SMILES string of the molecule is Cc1ccc(F)cc1[C@@H](N)C(C)(C)CO. The molecule has 0 fully saturated rings. The predicted molar refractivity (Wildman–Crippen MR) is 58.9 cm³/mol. The van der Waals surface area contributed by atoms with Crippen molar-refractivity contribution in [2.75, 3.05) is 6.61 Å². The Kier molecular flexibility index (Phi) is 3.47. The smallest absolute Gasteiger partial charge is 0.123 e. The molecule has 3 N–H and O–H groups in total. The summed E-state index contributed by atoms with van der Waals surface area (Å²) in [6, 6.07) is 4.20. The van der Waals surface area contributed by atoms with E-state index >= 15 is 0 Å². The highest BCUT2D eigenvalue weighted by atomic mass is 19.1. The van der Waals surface area contributed by atoms with Crippen LogP contribution in [0.25, 0.3) is 0 Å². The maximum absolute atomic E-state index is 13.1. The highest BCUT2D eigenvalue weighted by Gasteiger charge is 2.28. The van der Waals surface area contributed by atoms with Crippen LogP contribution in [-0.4, -0.2) is 11.7 Å². The van der Waals surface area contributed by atoms with Gasteiger partial charge in [0.25, 0.3) is 0 Å². The first-order chi connectivity index (χ1) is 6.88. The van der Waals surface area contributed by atoms with Crippen LogP contribution in [0.5, 0.6) is 0 Å². The Morgan fingerprint density at radius 2 is 2.07 bits per heavy atom. The third-order valence-electron chi connectivity index (χ3n) is 2.83. The van der Waals surface area contributed by atoms with Gasteiger partial charge in [-0.15, -0.1) is 0 Å². The van der Waals surface area contributed by atoms with Crippen LogP contribution in [0.2, 0.25) is 0 Å². The van der Waals surface area contributed by atoms with Gasteiger partial charge in [0.15, 0.2) is 0 Å². The van der Waals surface area contributed by atoms with Crippen molar-refractivity contribution in [3.05, 3.63) is 35.1 Å². The molecule has 0 spiro atoms. The van der Waals surface area contributed by atoms with Crippen molar-refractivity contribution < 1.29 is 9.50 Å². The van der Waals surface area contributed by atoms with E-state index in [1.165, 1.54) is 12.1 Å². The van der Waals surface area contributed by atoms with Gasteiger partial charge in [-0.25, -0.2) is 4.39 Å². The van der Waals surface area contributed by atoms with Crippen LogP contribution in [0.1, 0.15) is 31.0 Å². The van der Waals surface area contributed by atoms with E-state index in [1.54, 1.807) is 6.07 Å². The number of rotatable bonds is 3. The molecule has 0 unspecified atom stereocenters. The van der Waals surface area contributed by atoms with Crippen LogP contribution >= 0.6 is 0 Å². The molecule has 15 heavy (non-hydrogen) atoms. The van der Waals surface area contributed by atoms with Crippen LogP contribution in [0.15, 0.2) is 18.2 Å².